The van der Waals surface area contributed by atoms with Gasteiger partial charge in [0.1, 0.15) is 5.75 Å². The molecule has 4 nitrogen and oxygen atoms in total. The number of aliphatic hydroxyl groups is 1. The van der Waals surface area contributed by atoms with Gasteiger partial charge in [-0.3, -0.25) is 0 Å². The van der Waals surface area contributed by atoms with Crippen LogP contribution in [0.3, 0.4) is 0 Å². The lowest BCUT2D eigenvalue weighted by molar-refractivity contribution is 0.169. The maximum absolute atomic E-state index is 9.49. The van der Waals surface area contributed by atoms with Crippen LogP contribution in [0.4, 0.5) is 5.69 Å². The van der Waals surface area contributed by atoms with Gasteiger partial charge in [0.2, 0.25) is 0 Å². The van der Waals surface area contributed by atoms with E-state index in [1.165, 1.54) is 25.7 Å². The predicted molar refractivity (Wildman–Crippen MR) is 84.8 cm³/mol. The Morgan fingerprint density at radius 2 is 2.00 bits per heavy atom. The minimum absolute atomic E-state index is 0.0174. The molecule has 2 N–H and O–H groups in total. The zero-order valence-corrected chi connectivity index (χ0v) is 13.0. The lowest BCUT2D eigenvalue weighted by atomic mass is 9.97. The number of rotatable bonds is 5. The van der Waals surface area contributed by atoms with Gasteiger partial charge in [-0.25, -0.2) is 0 Å². The van der Waals surface area contributed by atoms with E-state index in [1.807, 2.05) is 19.1 Å². The van der Waals surface area contributed by atoms with Gasteiger partial charge in [-0.2, -0.15) is 0 Å². The summed E-state index contributed by atoms with van der Waals surface area (Å²) in [6.07, 6.45) is 5.11. The molecule has 1 aromatic carbocycles. The van der Waals surface area contributed by atoms with Crippen molar-refractivity contribution in [3.8, 4) is 5.75 Å². The van der Waals surface area contributed by atoms with Crippen LogP contribution in [0, 0.1) is 0 Å². The summed E-state index contributed by atoms with van der Waals surface area (Å²) in [6.45, 7) is 2.60. The Labute approximate surface area is 127 Å². The Kier molecular flexibility index (Phi) is 4.36. The average Bonchev–Trinajstić information content (AvgIpc) is 2.71. The summed E-state index contributed by atoms with van der Waals surface area (Å²) in [5.41, 5.74) is 1.95. The zero-order chi connectivity index (χ0) is 14.8. The summed E-state index contributed by atoms with van der Waals surface area (Å²) < 4.78 is 5.54. The fourth-order valence-electron chi connectivity index (χ4n) is 3.85. The number of aliphatic hydroxyl groups excluding tert-OH is 1. The largest absolute Gasteiger partial charge is 0.494 e. The van der Waals surface area contributed by atoms with Crippen molar-refractivity contribution in [1.29, 1.82) is 0 Å². The van der Waals surface area contributed by atoms with Crippen LogP contribution < -0.4 is 10.1 Å². The molecule has 0 aromatic heterocycles. The van der Waals surface area contributed by atoms with E-state index in [4.69, 9.17) is 4.74 Å². The van der Waals surface area contributed by atoms with E-state index in [2.05, 4.69) is 23.3 Å². The van der Waals surface area contributed by atoms with Gasteiger partial charge >= 0.3 is 0 Å². The van der Waals surface area contributed by atoms with Gasteiger partial charge in [-0.1, -0.05) is 0 Å². The first-order valence-corrected chi connectivity index (χ1v) is 8.06. The molecule has 0 aliphatic carbocycles. The Balaban J connectivity index is 1.68. The number of fused-ring (bicyclic) bond motifs is 2. The highest BCUT2D eigenvalue weighted by molar-refractivity contribution is 5.51. The van der Waals surface area contributed by atoms with Crippen LogP contribution in [0.5, 0.6) is 5.75 Å². The van der Waals surface area contributed by atoms with Crippen molar-refractivity contribution in [3.05, 3.63) is 23.8 Å². The molecule has 2 atom stereocenters. The van der Waals surface area contributed by atoms with E-state index in [1.54, 1.807) is 0 Å². The van der Waals surface area contributed by atoms with E-state index in [0.29, 0.717) is 12.6 Å². The number of hydrogen-bond acceptors (Lipinski definition) is 4. The molecule has 0 radical (unpaired) electrons. The molecule has 1 aromatic rings. The predicted octanol–water partition coefficient (Wildman–Crippen LogP) is 2.61. The summed E-state index contributed by atoms with van der Waals surface area (Å²) in [6, 6.07) is 8.06. The molecular weight excluding hydrogens is 264 g/mol. The number of hydrogen-bond donors (Lipinski definition) is 2. The molecule has 0 amide bonds. The molecule has 2 aliphatic rings. The third-order valence-electron chi connectivity index (χ3n) is 5.00. The van der Waals surface area contributed by atoms with Crippen molar-refractivity contribution < 1.29 is 9.84 Å². The lowest BCUT2D eigenvalue weighted by Crippen LogP contribution is -2.44. The minimum Gasteiger partial charge on any atom is -0.494 e. The van der Waals surface area contributed by atoms with E-state index < -0.39 is 0 Å². The van der Waals surface area contributed by atoms with Crippen LogP contribution in [-0.4, -0.2) is 41.8 Å². The molecule has 2 unspecified atom stereocenters. The van der Waals surface area contributed by atoms with E-state index >= 15 is 0 Å². The van der Waals surface area contributed by atoms with Crippen molar-refractivity contribution >= 4 is 5.69 Å². The second kappa shape index (κ2) is 6.24. The normalized spacial score (nSPS) is 28.6. The number of nitrogens with zero attached hydrogens (tertiary/aromatic N) is 1. The molecule has 2 bridgehead atoms. The first-order chi connectivity index (χ1) is 10.2. The number of piperidine rings is 1. The summed E-state index contributed by atoms with van der Waals surface area (Å²) in [7, 11) is 2.26. The molecule has 2 aliphatic heterocycles. The molecule has 4 heteroatoms. The van der Waals surface area contributed by atoms with Gasteiger partial charge in [0.05, 0.1) is 13.2 Å². The maximum Gasteiger partial charge on any atom is 0.124 e. The van der Waals surface area contributed by atoms with Gasteiger partial charge in [-0.05, 0) is 57.9 Å². The molecular formula is C17H26N2O2. The van der Waals surface area contributed by atoms with Gasteiger partial charge < -0.3 is 20.1 Å². The van der Waals surface area contributed by atoms with Crippen molar-refractivity contribution in [1.82, 2.24) is 4.90 Å². The van der Waals surface area contributed by atoms with Crippen molar-refractivity contribution in [3.63, 3.8) is 0 Å². The lowest BCUT2D eigenvalue weighted by Gasteiger charge is -2.37. The second-order valence-electron chi connectivity index (χ2n) is 6.28. The Morgan fingerprint density at radius 3 is 2.62 bits per heavy atom. The van der Waals surface area contributed by atoms with Crippen molar-refractivity contribution in [2.75, 3.05) is 19.0 Å². The maximum atomic E-state index is 9.49. The molecule has 3 rings (SSSR count). The summed E-state index contributed by atoms with van der Waals surface area (Å²) >= 11 is 0. The summed E-state index contributed by atoms with van der Waals surface area (Å²) in [5, 5.41) is 13.1. The van der Waals surface area contributed by atoms with E-state index in [-0.39, 0.29) is 6.61 Å². The molecule has 2 fully saturated rings. The second-order valence-corrected chi connectivity index (χ2v) is 6.28. The third-order valence-corrected chi connectivity index (χ3v) is 5.00. The fraction of sp³-hybridized carbons (Fsp3) is 0.647. The highest BCUT2D eigenvalue weighted by Crippen LogP contribution is 2.35. The first kappa shape index (κ1) is 14.7. The number of ether oxygens (including phenoxy) is 1. The van der Waals surface area contributed by atoms with Crippen LogP contribution in [0.15, 0.2) is 18.2 Å². The molecule has 21 heavy (non-hydrogen) atoms. The SMILES string of the molecule is CCOc1ccc(NC2CC3CCC(C2)N3C)cc1CO. The van der Waals surface area contributed by atoms with Crippen LogP contribution in [0.1, 0.15) is 38.2 Å². The Bertz CT molecular complexity index is 478. The third kappa shape index (κ3) is 3.01. The minimum atomic E-state index is 0.0174. The number of anilines is 1. The summed E-state index contributed by atoms with van der Waals surface area (Å²) in [4.78, 5) is 2.55. The number of benzene rings is 1. The van der Waals surface area contributed by atoms with E-state index in [0.717, 1.165) is 29.1 Å². The molecule has 2 saturated heterocycles. The molecule has 0 spiro atoms. The fourth-order valence-corrected chi connectivity index (χ4v) is 3.85. The number of nitrogens with one attached hydrogen (secondary N) is 1. The van der Waals surface area contributed by atoms with Gasteiger partial charge in [0.25, 0.3) is 0 Å². The molecule has 0 saturated carbocycles. The van der Waals surface area contributed by atoms with Crippen molar-refractivity contribution in [2.24, 2.45) is 0 Å². The quantitative estimate of drug-likeness (QED) is 0.875. The topological polar surface area (TPSA) is 44.7 Å². The smallest absolute Gasteiger partial charge is 0.124 e. The first-order valence-electron chi connectivity index (χ1n) is 8.06. The van der Waals surface area contributed by atoms with Crippen molar-refractivity contribution in [2.45, 2.75) is 57.3 Å². The van der Waals surface area contributed by atoms with E-state index in [9.17, 15) is 5.11 Å². The standard InChI is InChI=1S/C17H26N2O2/c1-3-21-17-7-4-13(8-12(17)11-20)18-14-9-15-5-6-16(10-14)19(15)2/h4,7-8,14-16,18,20H,3,5-6,9-11H2,1-2H3. The highest BCUT2D eigenvalue weighted by atomic mass is 16.5. The highest BCUT2D eigenvalue weighted by Gasteiger charge is 2.38. The summed E-state index contributed by atoms with van der Waals surface area (Å²) in [5.74, 6) is 0.786. The Hall–Kier alpha value is -1.26. The van der Waals surface area contributed by atoms with Crippen LogP contribution in [0.25, 0.3) is 0 Å². The van der Waals surface area contributed by atoms with Gasteiger partial charge in [-0.15, -0.1) is 0 Å². The van der Waals surface area contributed by atoms with Crippen LogP contribution in [-0.2, 0) is 6.61 Å². The average molecular weight is 290 g/mol. The molecule has 116 valence electrons. The Morgan fingerprint density at radius 1 is 1.29 bits per heavy atom. The van der Waals surface area contributed by atoms with Crippen LogP contribution in [0.2, 0.25) is 0 Å². The zero-order valence-electron chi connectivity index (χ0n) is 13.0. The van der Waals surface area contributed by atoms with Gasteiger partial charge in [0, 0.05) is 29.4 Å². The van der Waals surface area contributed by atoms with Gasteiger partial charge in [0.15, 0.2) is 0 Å². The molecule has 2 heterocycles. The monoisotopic (exact) mass is 290 g/mol. The van der Waals surface area contributed by atoms with Crippen LogP contribution >= 0.6 is 0 Å².